The molecule has 2 N–H and O–H groups in total. The van der Waals surface area contributed by atoms with Crippen molar-refractivity contribution in [1.29, 1.82) is 0 Å². The minimum absolute atomic E-state index is 0.0835. The summed E-state index contributed by atoms with van der Waals surface area (Å²) >= 11 is 0. The van der Waals surface area contributed by atoms with Gasteiger partial charge in [0.15, 0.2) is 0 Å². The molecule has 0 radical (unpaired) electrons. The molecular weight excluding hydrogens is 242 g/mol. The lowest BCUT2D eigenvalue weighted by atomic mass is 10.1. The maximum atomic E-state index is 11.8. The van der Waals surface area contributed by atoms with Gasteiger partial charge in [0.2, 0.25) is 5.91 Å². The minimum atomic E-state index is -0.136. The van der Waals surface area contributed by atoms with Crippen LogP contribution in [0.2, 0.25) is 0 Å². The van der Waals surface area contributed by atoms with E-state index in [4.69, 9.17) is 4.74 Å². The SMILES string of the molecule is COCCN(C)CCNC(C)C(=O)NCCC(C)C. The lowest BCUT2D eigenvalue weighted by Crippen LogP contribution is -2.45. The Morgan fingerprint density at radius 2 is 1.89 bits per heavy atom. The second-order valence-electron chi connectivity index (χ2n) is 5.45. The predicted molar refractivity (Wildman–Crippen MR) is 79.3 cm³/mol. The first-order valence-corrected chi connectivity index (χ1v) is 7.16. The van der Waals surface area contributed by atoms with E-state index in [0.29, 0.717) is 5.92 Å². The van der Waals surface area contributed by atoms with Crippen LogP contribution in [0, 0.1) is 5.92 Å². The lowest BCUT2D eigenvalue weighted by molar-refractivity contribution is -0.122. The maximum absolute atomic E-state index is 11.8. The summed E-state index contributed by atoms with van der Waals surface area (Å²) in [7, 11) is 3.75. The van der Waals surface area contributed by atoms with Gasteiger partial charge in [-0.15, -0.1) is 0 Å². The van der Waals surface area contributed by atoms with E-state index in [2.05, 4.69) is 29.4 Å². The number of nitrogens with zero attached hydrogens (tertiary/aromatic N) is 1. The van der Waals surface area contributed by atoms with E-state index in [0.717, 1.165) is 39.2 Å². The summed E-state index contributed by atoms with van der Waals surface area (Å²) < 4.78 is 5.02. The van der Waals surface area contributed by atoms with Crippen LogP contribution in [0.1, 0.15) is 27.2 Å². The molecule has 19 heavy (non-hydrogen) atoms. The number of amides is 1. The minimum Gasteiger partial charge on any atom is -0.383 e. The fraction of sp³-hybridized carbons (Fsp3) is 0.929. The predicted octanol–water partition coefficient (Wildman–Crippen LogP) is 0.705. The zero-order valence-corrected chi connectivity index (χ0v) is 13.2. The van der Waals surface area contributed by atoms with Gasteiger partial charge in [0, 0.05) is 33.3 Å². The molecule has 0 heterocycles. The van der Waals surface area contributed by atoms with Crippen LogP contribution >= 0.6 is 0 Å². The summed E-state index contributed by atoms with van der Waals surface area (Å²) in [5, 5.41) is 6.18. The lowest BCUT2D eigenvalue weighted by Gasteiger charge is -2.19. The first kappa shape index (κ1) is 18.4. The van der Waals surface area contributed by atoms with Gasteiger partial charge in [0.25, 0.3) is 0 Å². The molecule has 1 atom stereocenters. The number of hydrogen-bond acceptors (Lipinski definition) is 4. The van der Waals surface area contributed by atoms with Crippen molar-refractivity contribution in [3.63, 3.8) is 0 Å². The van der Waals surface area contributed by atoms with Crippen molar-refractivity contribution >= 4 is 5.91 Å². The first-order valence-electron chi connectivity index (χ1n) is 7.16. The molecular formula is C14H31N3O2. The van der Waals surface area contributed by atoms with Crippen LogP contribution in [0.25, 0.3) is 0 Å². The van der Waals surface area contributed by atoms with Gasteiger partial charge < -0.3 is 20.3 Å². The quantitative estimate of drug-likeness (QED) is 0.582. The van der Waals surface area contributed by atoms with Gasteiger partial charge >= 0.3 is 0 Å². The smallest absolute Gasteiger partial charge is 0.236 e. The Morgan fingerprint density at radius 1 is 1.21 bits per heavy atom. The number of hydrogen-bond donors (Lipinski definition) is 2. The Morgan fingerprint density at radius 3 is 2.47 bits per heavy atom. The van der Waals surface area contributed by atoms with Crippen LogP contribution in [-0.4, -0.2) is 63.8 Å². The van der Waals surface area contributed by atoms with Crippen molar-refractivity contribution < 1.29 is 9.53 Å². The molecule has 5 nitrogen and oxygen atoms in total. The van der Waals surface area contributed by atoms with Crippen LogP contribution in [0.4, 0.5) is 0 Å². The Kier molecular flexibility index (Phi) is 10.8. The van der Waals surface area contributed by atoms with Gasteiger partial charge in [-0.1, -0.05) is 13.8 Å². The van der Waals surface area contributed by atoms with Gasteiger partial charge in [-0.3, -0.25) is 4.79 Å². The molecule has 1 unspecified atom stereocenters. The Bertz CT molecular complexity index is 235. The maximum Gasteiger partial charge on any atom is 0.236 e. The number of likely N-dealkylation sites (N-methyl/N-ethyl adjacent to an activating group) is 1. The average Bonchev–Trinajstić information content (AvgIpc) is 2.35. The van der Waals surface area contributed by atoms with Crippen LogP contribution in [0.5, 0.6) is 0 Å². The molecule has 5 heteroatoms. The second kappa shape index (κ2) is 11.2. The molecule has 0 saturated carbocycles. The van der Waals surface area contributed by atoms with E-state index < -0.39 is 0 Å². The van der Waals surface area contributed by atoms with Gasteiger partial charge in [-0.05, 0) is 26.3 Å². The summed E-state index contributed by atoms with van der Waals surface area (Å²) in [5.41, 5.74) is 0. The van der Waals surface area contributed by atoms with E-state index in [1.807, 2.05) is 14.0 Å². The van der Waals surface area contributed by atoms with E-state index in [-0.39, 0.29) is 11.9 Å². The molecule has 0 bridgehead atoms. The number of carbonyl (C=O) groups is 1. The molecule has 0 saturated heterocycles. The highest BCUT2D eigenvalue weighted by molar-refractivity contribution is 5.81. The Balaban J connectivity index is 3.61. The van der Waals surface area contributed by atoms with Gasteiger partial charge in [-0.25, -0.2) is 0 Å². The van der Waals surface area contributed by atoms with Crippen LogP contribution in [0.3, 0.4) is 0 Å². The molecule has 0 rings (SSSR count). The van der Waals surface area contributed by atoms with Crippen molar-refractivity contribution in [2.75, 3.05) is 46.9 Å². The van der Waals surface area contributed by atoms with Crippen LogP contribution < -0.4 is 10.6 Å². The molecule has 0 fully saturated rings. The largest absolute Gasteiger partial charge is 0.383 e. The molecule has 0 spiro atoms. The topological polar surface area (TPSA) is 53.6 Å². The van der Waals surface area contributed by atoms with E-state index in [1.54, 1.807) is 7.11 Å². The number of nitrogens with one attached hydrogen (secondary N) is 2. The third-order valence-corrected chi connectivity index (χ3v) is 3.04. The summed E-state index contributed by atoms with van der Waals surface area (Å²) in [6, 6.07) is -0.136. The summed E-state index contributed by atoms with van der Waals surface area (Å²) in [4.78, 5) is 13.9. The molecule has 0 aliphatic rings. The number of methoxy groups -OCH3 is 1. The van der Waals surface area contributed by atoms with Gasteiger partial charge in [0.1, 0.15) is 0 Å². The first-order chi connectivity index (χ1) is 8.97. The van der Waals surface area contributed by atoms with E-state index in [9.17, 15) is 4.79 Å². The zero-order valence-electron chi connectivity index (χ0n) is 13.2. The highest BCUT2D eigenvalue weighted by Gasteiger charge is 2.11. The highest BCUT2D eigenvalue weighted by atomic mass is 16.5. The zero-order chi connectivity index (χ0) is 14.7. The van der Waals surface area contributed by atoms with Crippen LogP contribution in [-0.2, 0) is 9.53 Å². The summed E-state index contributed by atoms with van der Waals surface area (Å²) in [5.74, 6) is 0.707. The van der Waals surface area contributed by atoms with Gasteiger partial charge in [0.05, 0.1) is 12.6 Å². The van der Waals surface area contributed by atoms with Crippen molar-refractivity contribution in [2.24, 2.45) is 5.92 Å². The average molecular weight is 273 g/mol. The van der Waals surface area contributed by atoms with Crippen molar-refractivity contribution in [2.45, 2.75) is 33.2 Å². The molecule has 0 aromatic heterocycles. The highest BCUT2D eigenvalue weighted by Crippen LogP contribution is 1.96. The monoisotopic (exact) mass is 273 g/mol. The number of carbonyl (C=O) groups excluding carboxylic acids is 1. The number of rotatable bonds is 11. The third-order valence-electron chi connectivity index (χ3n) is 3.04. The standard InChI is InChI=1S/C14H31N3O2/c1-12(2)6-7-16-14(18)13(3)15-8-9-17(4)10-11-19-5/h12-13,15H,6-11H2,1-5H3,(H,16,18). The number of ether oxygens (including phenoxy) is 1. The Hall–Kier alpha value is -0.650. The van der Waals surface area contributed by atoms with Crippen molar-refractivity contribution in [1.82, 2.24) is 15.5 Å². The third kappa shape index (κ3) is 10.9. The summed E-state index contributed by atoms with van der Waals surface area (Å²) in [6.45, 7) is 10.3. The van der Waals surface area contributed by atoms with Gasteiger partial charge in [-0.2, -0.15) is 0 Å². The fourth-order valence-corrected chi connectivity index (χ4v) is 1.56. The van der Waals surface area contributed by atoms with E-state index >= 15 is 0 Å². The van der Waals surface area contributed by atoms with Crippen LogP contribution in [0.15, 0.2) is 0 Å². The second-order valence-corrected chi connectivity index (χ2v) is 5.45. The normalized spacial score (nSPS) is 13.0. The Labute approximate surface area is 118 Å². The molecule has 0 aromatic carbocycles. The van der Waals surface area contributed by atoms with Crippen molar-refractivity contribution in [3.8, 4) is 0 Å². The molecule has 0 aromatic rings. The molecule has 114 valence electrons. The van der Waals surface area contributed by atoms with E-state index in [1.165, 1.54) is 0 Å². The fourth-order valence-electron chi connectivity index (χ4n) is 1.56. The summed E-state index contributed by atoms with van der Waals surface area (Å²) in [6.07, 6.45) is 1.03. The van der Waals surface area contributed by atoms with Crippen molar-refractivity contribution in [3.05, 3.63) is 0 Å². The molecule has 0 aliphatic carbocycles. The molecule has 1 amide bonds. The molecule has 0 aliphatic heterocycles.